The molecule has 192 valence electrons. The second-order valence-electron chi connectivity index (χ2n) is 7.60. The molecule has 10 nitrogen and oxygen atoms in total. The summed E-state index contributed by atoms with van der Waals surface area (Å²) in [4.78, 5) is 45.5. The van der Waals surface area contributed by atoms with Gasteiger partial charge in [0.1, 0.15) is 11.5 Å². The average Bonchev–Trinajstić information content (AvgIpc) is 2.90. The first-order valence-corrected chi connectivity index (χ1v) is 10.9. The first-order valence-electron chi connectivity index (χ1n) is 10.9. The minimum absolute atomic E-state index is 0. The molecule has 0 saturated carbocycles. The number of anilines is 2. The van der Waals surface area contributed by atoms with Crippen LogP contribution in [0.2, 0.25) is 0 Å². The Morgan fingerprint density at radius 1 is 0.538 bits per heavy atom. The van der Waals surface area contributed by atoms with Crippen molar-refractivity contribution in [2.45, 2.75) is 0 Å². The van der Waals surface area contributed by atoms with Gasteiger partial charge in [-0.05, 0) is 48.5 Å². The Morgan fingerprint density at radius 3 is 1.18 bits per heavy atom. The quantitative estimate of drug-likeness (QED) is 0.153. The Balaban J connectivity index is 0.000000267. The molecule has 11 heteroatoms. The molecule has 39 heavy (non-hydrogen) atoms. The van der Waals surface area contributed by atoms with Gasteiger partial charge in [-0.3, -0.25) is 0 Å². The number of carboxylic acid groups (broad SMARTS) is 2. The van der Waals surface area contributed by atoms with E-state index in [9.17, 15) is 29.4 Å². The molecule has 0 saturated heterocycles. The molecule has 0 aromatic heterocycles. The summed E-state index contributed by atoms with van der Waals surface area (Å²) >= 11 is 0. The zero-order valence-electron chi connectivity index (χ0n) is 20.4. The van der Waals surface area contributed by atoms with Crippen molar-refractivity contribution in [3.8, 4) is 11.5 Å². The maximum atomic E-state index is 11.8. The predicted octanol–water partition coefficient (Wildman–Crippen LogP) is 1.32. The van der Waals surface area contributed by atoms with Gasteiger partial charge in [0.2, 0.25) is 0 Å². The number of carbonyl (C=O) groups excluding carboxylic acids is 4. The molecule has 4 aromatic rings. The SMILES string of the molecule is Nc1ccc(C(=O)[O-])c(OC(=O)c2ccccc2)c1.Nc1ccc(C(=O)[O-])c(OC(=O)c2ccccc2)c1.[Ca+2]. The van der Waals surface area contributed by atoms with Gasteiger partial charge in [0.05, 0.1) is 23.1 Å². The Hall–Kier alpha value is -4.38. The zero-order valence-corrected chi connectivity index (χ0v) is 22.6. The molecule has 0 heterocycles. The van der Waals surface area contributed by atoms with E-state index in [-0.39, 0.29) is 60.4 Å². The van der Waals surface area contributed by atoms with E-state index in [2.05, 4.69) is 0 Å². The van der Waals surface area contributed by atoms with Gasteiger partial charge in [-0.1, -0.05) is 36.4 Å². The number of hydrogen-bond acceptors (Lipinski definition) is 10. The number of carboxylic acids is 2. The summed E-state index contributed by atoms with van der Waals surface area (Å²) in [6, 6.07) is 24.3. The van der Waals surface area contributed by atoms with Crippen molar-refractivity contribution in [1.82, 2.24) is 0 Å². The largest absolute Gasteiger partial charge is 2.00 e. The van der Waals surface area contributed by atoms with E-state index in [4.69, 9.17) is 20.9 Å². The van der Waals surface area contributed by atoms with Crippen molar-refractivity contribution >= 4 is 73.0 Å². The van der Waals surface area contributed by atoms with E-state index in [1.165, 1.54) is 36.4 Å². The number of nitrogens with two attached hydrogens (primary N) is 2. The van der Waals surface area contributed by atoms with Crippen LogP contribution in [0.15, 0.2) is 97.1 Å². The van der Waals surface area contributed by atoms with Gasteiger partial charge in [0.15, 0.2) is 0 Å². The van der Waals surface area contributed by atoms with Crippen LogP contribution in [0, 0.1) is 0 Å². The maximum absolute atomic E-state index is 11.8. The van der Waals surface area contributed by atoms with Crippen LogP contribution in [0.3, 0.4) is 0 Å². The third-order valence-electron chi connectivity index (χ3n) is 4.88. The van der Waals surface area contributed by atoms with E-state index in [0.717, 1.165) is 0 Å². The molecular weight excluding hydrogens is 532 g/mol. The maximum Gasteiger partial charge on any atom is 2.00 e. The second kappa shape index (κ2) is 14.5. The van der Waals surface area contributed by atoms with Crippen LogP contribution >= 0.6 is 0 Å². The standard InChI is InChI=1S/2C14H11NO4.Ca/c2*15-10-6-7-11(13(16)17)12(8-10)19-14(18)9-4-2-1-3-5-9;/h2*1-8H,15H2,(H,16,17);/q;;+2/p-2. The van der Waals surface area contributed by atoms with Gasteiger partial charge >= 0.3 is 49.7 Å². The zero-order chi connectivity index (χ0) is 27.7. The molecule has 0 bridgehead atoms. The van der Waals surface area contributed by atoms with Crippen molar-refractivity contribution in [3.63, 3.8) is 0 Å². The number of aromatic carboxylic acids is 2. The van der Waals surface area contributed by atoms with E-state index < -0.39 is 23.9 Å². The number of ether oxygens (including phenoxy) is 2. The minimum atomic E-state index is -1.43. The van der Waals surface area contributed by atoms with E-state index >= 15 is 0 Å². The molecule has 4 rings (SSSR count). The van der Waals surface area contributed by atoms with Crippen molar-refractivity contribution in [1.29, 1.82) is 0 Å². The number of benzene rings is 4. The third-order valence-corrected chi connectivity index (χ3v) is 4.88. The fourth-order valence-corrected chi connectivity index (χ4v) is 3.05. The summed E-state index contributed by atoms with van der Waals surface area (Å²) in [5, 5.41) is 21.8. The molecule has 0 unspecified atom stereocenters. The second-order valence-corrected chi connectivity index (χ2v) is 7.60. The monoisotopic (exact) mass is 552 g/mol. The van der Waals surface area contributed by atoms with Crippen molar-refractivity contribution in [2.75, 3.05) is 11.5 Å². The number of rotatable bonds is 6. The van der Waals surface area contributed by atoms with Gasteiger partial charge < -0.3 is 40.7 Å². The molecule has 0 fully saturated rings. The minimum Gasteiger partial charge on any atom is -0.545 e. The molecule has 0 aliphatic heterocycles. The van der Waals surface area contributed by atoms with Crippen LogP contribution in [-0.2, 0) is 0 Å². The fourth-order valence-electron chi connectivity index (χ4n) is 3.05. The van der Waals surface area contributed by atoms with Gasteiger partial charge in [-0.15, -0.1) is 0 Å². The van der Waals surface area contributed by atoms with E-state index in [1.54, 1.807) is 60.7 Å². The molecule has 0 atom stereocenters. The first kappa shape index (κ1) is 30.8. The van der Waals surface area contributed by atoms with Crippen LogP contribution in [-0.4, -0.2) is 61.6 Å². The van der Waals surface area contributed by atoms with Gasteiger partial charge in [0.25, 0.3) is 0 Å². The molecule has 0 aliphatic rings. The number of nitrogen functional groups attached to an aromatic ring is 2. The third kappa shape index (κ3) is 8.85. The van der Waals surface area contributed by atoms with Crippen LogP contribution in [0.5, 0.6) is 11.5 Å². The Morgan fingerprint density at radius 2 is 0.872 bits per heavy atom. The molecule has 0 aliphatic carbocycles. The summed E-state index contributed by atoms with van der Waals surface area (Å²) in [5.41, 5.74) is 11.8. The molecule has 0 amide bonds. The normalized spacial score (nSPS) is 9.64. The smallest absolute Gasteiger partial charge is 0.545 e. The molecule has 4 aromatic carbocycles. The van der Waals surface area contributed by atoms with Crippen LogP contribution < -0.4 is 31.2 Å². The topological polar surface area (TPSA) is 185 Å². The van der Waals surface area contributed by atoms with Crippen molar-refractivity contribution < 1.29 is 38.9 Å². The summed E-state index contributed by atoms with van der Waals surface area (Å²) in [5.74, 6) is -4.45. The molecule has 0 radical (unpaired) electrons. The van der Waals surface area contributed by atoms with Crippen molar-refractivity contribution in [2.24, 2.45) is 0 Å². The number of esters is 2. The summed E-state index contributed by atoms with van der Waals surface area (Å²) in [6.07, 6.45) is 0. The first-order chi connectivity index (χ1) is 18.2. The average molecular weight is 553 g/mol. The van der Waals surface area contributed by atoms with Gasteiger partial charge in [-0.2, -0.15) is 0 Å². The van der Waals surface area contributed by atoms with Gasteiger partial charge in [-0.25, -0.2) is 9.59 Å². The van der Waals surface area contributed by atoms with Crippen LogP contribution in [0.1, 0.15) is 41.4 Å². The Labute approximate surface area is 252 Å². The molecule has 0 spiro atoms. The van der Waals surface area contributed by atoms with Gasteiger partial charge in [0, 0.05) is 34.6 Å². The predicted molar refractivity (Wildman–Crippen MR) is 139 cm³/mol. The van der Waals surface area contributed by atoms with Crippen LogP contribution in [0.4, 0.5) is 11.4 Å². The summed E-state index contributed by atoms with van der Waals surface area (Å²) in [7, 11) is 0. The summed E-state index contributed by atoms with van der Waals surface area (Å²) in [6.45, 7) is 0. The van der Waals surface area contributed by atoms with Crippen molar-refractivity contribution in [3.05, 3.63) is 119 Å². The summed E-state index contributed by atoms with van der Waals surface area (Å²) < 4.78 is 10.1. The molecule has 4 N–H and O–H groups in total. The number of carbonyl (C=O) groups is 4. The van der Waals surface area contributed by atoms with Crippen LogP contribution in [0.25, 0.3) is 0 Å². The Kier molecular flexibility index (Phi) is 11.5. The Bertz CT molecular complexity index is 1360. The van der Waals surface area contributed by atoms with E-state index in [1.807, 2.05) is 0 Å². The number of hydrogen-bond donors (Lipinski definition) is 2. The fraction of sp³-hybridized carbons (Fsp3) is 0. The van der Waals surface area contributed by atoms with E-state index in [0.29, 0.717) is 22.5 Å². The molecular formula is C28H20CaN2O8.